The number of benzene rings is 2. The van der Waals surface area contributed by atoms with Crippen molar-refractivity contribution in [3.63, 3.8) is 0 Å². The minimum Gasteiger partial charge on any atom is -0.439 e. The summed E-state index contributed by atoms with van der Waals surface area (Å²) in [7, 11) is 0. The van der Waals surface area contributed by atoms with Crippen molar-refractivity contribution >= 4 is 22.4 Å². The molecule has 0 unspecified atom stereocenters. The lowest BCUT2D eigenvalue weighted by atomic mass is 10.1. The molecule has 2 aromatic carbocycles. The second-order valence-electron chi connectivity index (χ2n) is 7.21. The smallest absolute Gasteiger partial charge is 0.221 e. The average Bonchev–Trinajstić information content (AvgIpc) is 3.49. The molecule has 1 saturated carbocycles. The van der Waals surface area contributed by atoms with Gasteiger partial charge in [-0.2, -0.15) is 10.4 Å². The molecule has 1 fully saturated rings. The second kappa shape index (κ2) is 7.28. The Bertz CT molecular complexity index is 1200. The number of hydrogen-bond acceptors (Lipinski definition) is 5. The molecule has 1 aliphatic carbocycles. The Morgan fingerprint density at radius 1 is 1.10 bits per heavy atom. The first kappa shape index (κ1) is 17.3. The normalized spacial score (nSPS) is 13.2. The van der Waals surface area contributed by atoms with Crippen LogP contribution in [-0.2, 0) is 6.42 Å². The summed E-state index contributed by atoms with van der Waals surface area (Å²) >= 11 is 0. The number of pyridine rings is 1. The third-order valence-corrected chi connectivity index (χ3v) is 5.00. The molecule has 2 heterocycles. The molecule has 0 amide bonds. The van der Waals surface area contributed by atoms with E-state index < -0.39 is 0 Å². The highest BCUT2D eigenvalue weighted by atomic mass is 16.5. The first-order valence-corrected chi connectivity index (χ1v) is 9.64. The van der Waals surface area contributed by atoms with Crippen molar-refractivity contribution in [3.8, 4) is 17.7 Å². The maximum Gasteiger partial charge on any atom is 0.221 e. The summed E-state index contributed by atoms with van der Waals surface area (Å²) < 4.78 is 5.99. The van der Waals surface area contributed by atoms with Gasteiger partial charge < -0.3 is 10.1 Å². The van der Waals surface area contributed by atoms with Crippen LogP contribution in [0, 0.1) is 11.3 Å². The van der Waals surface area contributed by atoms with Crippen LogP contribution in [0.4, 0.5) is 11.5 Å². The molecule has 6 nitrogen and oxygen atoms in total. The lowest BCUT2D eigenvalue weighted by molar-refractivity contribution is 0.465. The van der Waals surface area contributed by atoms with Crippen molar-refractivity contribution in [1.29, 1.82) is 5.26 Å². The first-order chi connectivity index (χ1) is 14.3. The fourth-order valence-electron chi connectivity index (χ4n) is 3.34. The summed E-state index contributed by atoms with van der Waals surface area (Å²) in [5.41, 5.74) is 3.87. The fraction of sp³-hybridized carbons (Fsp3) is 0.174. The number of para-hydroxylation sites is 1. The molecule has 0 bridgehead atoms. The van der Waals surface area contributed by atoms with Gasteiger partial charge in [0, 0.05) is 29.1 Å². The molecule has 0 spiro atoms. The summed E-state index contributed by atoms with van der Waals surface area (Å²) in [5, 5.41) is 20.7. The van der Waals surface area contributed by atoms with Gasteiger partial charge in [0.05, 0.1) is 23.7 Å². The zero-order chi connectivity index (χ0) is 19.6. The highest BCUT2D eigenvalue weighted by Crippen LogP contribution is 2.40. The van der Waals surface area contributed by atoms with Crippen LogP contribution in [0.5, 0.6) is 11.6 Å². The van der Waals surface area contributed by atoms with E-state index in [0.717, 1.165) is 28.0 Å². The molecular formula is C23H19N5O. The Hall–Kier alpha value is -3.85. The van der Waals surface area contributed by atoms with Crippen LogP contribution in [0.25, 0.3) is 10.9 Å². The van der Waals surface area contributed by atoms with Crippen molar-refractivity contribution in [2.45, 2.75) is 25.2 Å². The summed E-state index contributed by atoms with van der Waals surface area (Å²) in [6.45, 7) is 0. The Balaban J connectivity index is 1.45. The SMILES string of the molecule is N#CCc1ccc(Oc2cc(Nc3cc(C4CC4)[nH]n3)c3ccccc3n2)cc1. The van der Waals surface area contributed by atoms with Crippen molar-refractivity contribution in [1.82, 2.24) is 15.2 Å². The predicted octanol–water partition coefficient (Wildman–Crippen LogP) is 5.44. The van der Waals surface area contributed by atoms with Crippen molar-refractivity contribution in [3.05, 3.63) is 71.9 Å². The number of rotatable bonds is 6. The molecule has 2 aromatic heterocycles. The summed E-state index contributed by atoms with van der Waals surface area (Å²) in [5.74, 6) is 2.58. The van der Waals surface area contributed by atoms with Crippen LogP contribution in [0.3, 0.4) is 0 Å². The number of aromatic nitrogens is 3. The number of fused-ring (bicyclic) bond motifs is 1. The first-order valence-electron chi connectivity index (χ1n) is 9.64. The van der Waals surface area contributed by atoms with Crippen LogP contribution < -0.4 is 10.1 Å². The van der Waals surface area contributed by atoms with E-state index in [4.69, 9.17) is 10.00 Å². The molecule has 142 valence electrons. The molecule has 29 heavy (non-hydrogen) atoms. The van der Waals surface area contributed by atoms with E-state index in [9.17, 15) is 0 Å². The van der Waals surface area contributed by atoms with E-state index in [0.29, 0.717) is 24.0 Å². The molecule has 5 rings (SSSR count). The van der Waals surface area contributed by atoms with Crippen LogP contribution in [0.15, 0.2) is 60.7 Å². The van der Waals surface area contributed by atoms with Crippen molar-refractivity contribution in [2.24, 2.45) is 0 Å². The monoisotopic (exact) mass is 381 g/mol. The minimum atomic E-state index is 0.384. The fourth-order valence-corrected chi connectivity index (χ4v) is 3.34. The minimum absolute atomic E-state index is 0.384. The summed E-state index contributed by atoms with van der Waals surface area (Å²) in [6, 6.07) is 21.5. The maximum absolute atomic E-state index is 8.81. The zero-order valence-corrected chi connectivity index (χ0v) is 15.7. The predicted molar refractivity (Wildman–Crippen MR) is 111 cm³/mol. The Labute approximate surface area is 168 Å². The number of nitrogens with zero attached hydrogens (tertiary/aromatic N) is 3. The maximum atomic E-state index is 8.81. The van der Waals surface area contributed by atoms with Gasteiger partial charge in [-0.25, -0.2) is 4.98 Å². The average molecular weight is 381 g/mol. The van der Waals surface area contributed by atoms with Gasteiger partial charge in [-0.1, -0.05) is 30.3 Å². The lowest BCUT2D eigenvalue weighted by Gasteiger charge is -2.11. The Morgan fingerprint density at radius 3 is 2.72 bits per heavy atom. The topological polar surface area (TPSA) is 86.6 Å². The molecule has 0 atom stereocenters. The molecule has 0 radical (unpaired) electrons. The summed E-state index contributed by atoms with van der Waals surface area (Å²) in [4.78, 5) is 4.63. The number of anilines is 2. The highest BCUT2D eigenvalue weighted by molar-refractivity contribution is 5.93. The van der Waals surface area contributed by atoms with E-state index in [-0.39, 0.29) is 0 Å². The van der Waals surface area contributed by atoms with E-state index in [1.54, 1.807) is 0 Å². The van der Waals surface area contributed by atoms with Gasteiger partial charge in [0.2, 0.25) is 5.88 Å². The molecular weight excluding hydrogens is 362 g/mol. The van der Waals surface area contributed by atoms with E-state index in [2.05, 4.69) is 32.6 Å². The Morgan fingerprint density at radius 2 is 1.93 bits per heavy atom. The molecule has 2 N–H and O–H groups in total. The Kier molecular flexibility index (Phi) is 4.34. The number of nitrogens with one attached hydrogen (secondary N) is 2. The van der Waals surface area contributed by atoms with Crippen LogP contribution in [0.2, 0.25) is 0 Å². The van der Waals surface area contributed by atoms with Crippen molar-refractivity contribution in [2.75, 3.05) is 5.32 Å². The number of hydrogen-bond donors (Lipinski definition) is 2. The van der Waals surface area contributed by atoms with Crippen LogP contribution in [0.1, 0.15) is 30.0 Å². The van der Waals surface area contributed by atoms with Gasteiger partial charge in [-0.15, -0.1) is 0 Å². The van der Waals surface area contributed by atoms with Gasteiger partial charge in [-0.3, -0.25) is 5.10 Å². The third kappa shape index (κ3) is 3.76. The number of aromatic amines is 1. The lowest BCUT2D eigenvalue weighted by Crippen LogP contribution is -1.96. The molecule has 0 aliphatic heterocycles. The summed E-state index contributed by atoms with van der Waals surface area (Å²) in [6.07, 6.45) is 2.84. The molecule has 0 saturated heterocycles. The van der Waals surface area contributed by atoms with Gasteiger partial charge in [0.1, 0.15) is 5.75 Å². The highest BCUT2D eigenvalue weighted by Gasteiger charge is 2.25. The number of H-pyrrole nitrogens is 1. The second-order valence-corrected chi connectivity index (χ2v) is 7.21. The number of nitriles is 1. The largest absolute Gasteiger partial charge is 0.439 e. The van der Waals surface area contributed by atoms with Gasteiger partial charge in [0.15, 0.2) is 5.82 Å². The van der Waals surface area contributed by atoms with Crippen molar-refractivity contribution < 1.29 is 4.74 Å². The van der Waals surface area contributed by atoms with E-state index >= 15 is 0 Å². The standard InChI is InChI=1S/C23H19N5O/c24-12-11-15-5-9-17(10-6-15)29-23-14-21(18-3-1-2-4-19(18)26-23)25-22-13-20(27-28-22)16-7-8-16/h1-6,9-10,13-14,16H,7-8,11H2,(H2,25,26,27,28). The molecule has 6 heteroatoms. The van der Waals surface area contributed by atoms with Gasteiger partial charge in [-0.05, 0) is 36.6 Å². The zero-order valence-electron chi connectivity index (χ0n) is 15.7. The van der Waals surface area contributed by atoms with Gasteiger partial charge in [0.25, 0.3) is 0 Å². The van der Waals surface area contributed by atoms with E-state index in [1.807, 2.05) is 54.6 Å². The van der Waals surface area contributed by atoms with E-state index in [1.165, 1.54) is 18.5 Å². The van der Waals surface area contributed by atoms with Gasteiger partial charge >= 0.3 is 0 Å². The molecule has 1 aliphatic rings. The third-order valence-electron chi connectivity index (χ3n) is 5.00. The quantitative estimate of drug-likeness (QED) is 0.464. The number of ether oxygens (including phenoxy) is 1. The molecule has 4 aromatic rings. The van der Waals surface area contributed by atoms with Crippen LogP contribution in [-0.4, -0.2) is 15.2 Å². The van der Waals surface area contributed by atoms with Crippen LogP contribution >= 0.6 is 0 Å².